The number of pyridine rings is 1. The Morgan fingerprint density at radius 3 is 2.64 bits per heavy atom. The van der Waals surface area contributed by atoms with Crippen LogP contribution in [0.15, 0.2) is 72.9 Å². The van der Waals surface area contributed by atoms with E-state index < -0.39 is 0 Å². The number of benzene rings is 2. The number of ether oxygens (including phenoxy) is 2. The molecule has 198 valence electrons. The number of hydrogen-bond donors (Lipinski definition) is 1. The molecule has 1 fully saturated rings. The minimum absolute atomic E-state index is 0.00985. The van der Waals surface area contributed by atoms with Gasteiger partial charge >= 0.3 is 0 Å². The van der Waals surface area contributed by atoms with E-state index in [1.807, 2.05) is 59.5 Å². The van der Waals surface area contributed by atoms with Crippen molar-refractivity contribution in [2.75, 3.05) is 37.9 Å². The van der Waals surface area contributed by atoms with Gasteiger partial charge in [-0.2, -0.15) is 0 Å². The van der Waals surface area contributed by atoms with Crippen LogP contribution in [0.25, 0.3) is 10.4 Å². The van der Waals surface area contributed by atoms with Crippen molar-refractivity contribution < 1.29 is 19.1 Å². The molecule has 0 radical (unpaired) electrons. The normalized spacial score (nSPS) is 14.4. The molecule has 8 nitrogen and oxygen atoms in total. The Hall–Kier alpha value is -4.08. The summed E-state index contributed by atoms with van der Waals surface area (Å²) in [5.41, 5.74) is 2.41. The lowest BCUT2D eigenvalue weighted by atomic mass is 10.1. The fourth-order valence-electron chi connectivity index (χ4n) is 4.68. The van der Waals surface area contributed by atoms with Gasteiger partial charge < -0.3 is 24.6 Å². The van der Waals surface area contributed by atoms with Crippen LogP contribution in [-0.2, 0) is 6.54 Å². The summed E-state index contributed by atoms with van der Waals surface area (Å²) < 4.78 is 10.8. The zero-order valence-corrected chi connectivity index (χ0v) is 22.5. The molecule has 4 heterocycles. The van der Waals surface area contributed by atoms with Crippen LogP contribution in [0.1, 0.15) is 25.6 Å². The summed E-state index contributed by atoms with van der Waals surface area (Å²) in [6, 6.07) is 20.6. The zero-order chi connectivity index (χ0) is 26.8. The van der Waals surface area contributed by atoms with Crippen LogP contribution in [0.3, 0.4) is 0 Å². The van der Waals surface area contributed by atoms with Crippen molar-refractivity contribution >= 4 is 40.6 Å². The number of nitrogens with one attached hydrogen (secondary N) is 1. The number of amides is 2. The van der Waals surface area contributed by atoms with Gasteiger partial charge in [0.1, 0.15) is 5.82 Å². The predicted molar refractivity (Wildman–Crippen MR) is 151 cm³/mol. The molecule has 0 atom stereocenters. The van der Waals surface area contributed by atoms with Gasteiger partial charge in [0.2, 0.25) is 6.79 Å². The van der Waals surface area contributed by atoms with E-state index >= 15 is 0 Å². The molecule has 0 saturated carbocycles. The highest BCUT2D eigenvalue weighted by atomic mass is 35.5. The summed E-state index contributed by atoms with van der Waals surface area (Å²) in [6.07, 6.45) is 1.69. The molecule has 2 aromatic heterocycles. The molecular weight excluding hydrogens is 536 g/mol. The van der Waals surface area contributed by atoms with Crippen LogP contribution in [-0.4, -0.2) is 54.7 Å². The lowest BCUT2D eigenvalue weighted by Crippen LogP contribution is -2.49. The van der Waals surface area contributed by atoms with E-state index in [1.165, 1.54) is 11.3 Å². The van der Waals surface area contributed by atoms with Crippen molar-refractivity contribution in [1.82, 2.24) is 15.2 Å². The van der Waals surface area contributed by atoms with Crippen molar-refractivity contribution in [3.05, 3.63) is 94.0 Å². The van der Waals surface area contributed by atoms with Gasteiger partial charge in [-0.1, -0.05) is 29.8 Å². The monoisotopic (exact) mass is 560 g/mol. The summed E-state index contributed by atoms with van der Waals surface area (Å²) in [5.74, 6) is 1.81. The molecule has 0 spiro atoms. The van der Waals surface area contributed by atoms with Crippen LogP contribution in [0.5, 0.6) is 11.5 Å². The molecule has 4 aromatic rings. The molecule has 6 rings (SSSR count). The van der Waals surface area contributed by atoms with Gasteiger partial charge in [-0.3, -0.25) is 9.59 Å². The van der Waals surface area contributed by atoms with E-state index in [0.717, 1.165) is 16.0 Å². The summed E-state index contributed by atoms with van der Waals surface area (Å²) in [7, 11) is 0. The van der Waals surface area contributed by atoms with Gasteiger partial charge in [-0.05, 0) is 59.7 Å². The number of piperazine rings is 1. The highest BCUT2D eigenvalue weighted by molar-refractivity contribution is 7.17. The smallest absolute Gasteiger partial charge is 0.264 e. The van der Waals surface area contributed by atoms with Crippen molar-refractivity contribution in [1.29, 1.82) is 0 Å². The molecular formula is C29H25ClN4O4S. The second kappa shape index (κ2) is 11.0. The van der Waals surface area contributed by atoms with Crippen LogP contribution >= 0.6 is 22.9 Å². The maximum Gasteiger partial charge on any atom is 0.264 e. The number of rotatable bonds is 6. The second-order valence-corrected chi connectivity index (χ2v) is 10.7. The highest BCUT2D eigenvalue weighted by Crippen LogP contribution is 2.33. The SMILES string of the molecule is O=C(NCc1ccc2c(c1)OCO2)c1cccnc1N1CCN(C(=O)c2ccc(-c3cccc(Cl)c3)s2)CC1. The van der Waals surface area contributed by atoms with Gasteiger partial charge in [-0.15, -0.1) is 11.3 Å². The molecule has 0 aliphatic carbocycles. The second-order valence-electron chi connectivity index (χ2n) is 9.20. The Balaban J connectivity index is 1.08. The standard InChI is InChI=1S/C29H25ClN4O4S/c30-21-4-1-3-20(16-21)25-8-9-26(39-25)29(36)34-13-11-33(12-14-34)27-22(5-2-10-31-27)28(35)32-17-19-6-7-23-24(15-19)38-18-37-23/h1-10,15-16H,11-14,17-18H2,(H,32,35). The summed E-state index contributed by atoms with van der Waals surface area (Å²) in [6.45, 7) is 2.80. The van der Waals surface area contributed by atoms with Crippen molar-refractivity contribution in [2.24, 2.45) is 0 Å². The Morgan fingerprint density at radius 1 is 0.949 bits per heavy atom. The van der Waals surface area contributed by atoms with E-state index in [9.17, 15) is 9.59 Å². The number of thiophene rings is 1. The third-order valence-corrected chi connectivity index (χ3v) is 8.07. The number of anilines is 1. The van der Waals surface area contributed by atoms with Gasteiger partial charge in [0, 0.05) is 48.8 Å². The summed E-state index contributed by atoms with van der Waals surface area (Å²) in [5, 5.41) is 3.65. The third kappa shape index (κ3) is 5.41. The fourth-order valence-corrected chi connectivity index (χ4v) is 5.84. The van der Waals surface area contributed by atoms with Crippen LogP contribution in [0, 0.1) is 0 Å². The van der Waals surface area contributed by atoms with Crippen LogP contribution in [0.4, 0.5) is 5.82 Å². The molecule has 10 heteroatoms. The number of fused-ring (bicyclic) bond motifs is 1. The molecule has 1 N–H and O–H groups in total. The molecule has 2 aliphatic rings. The Labute approximate surface area is 234 Å². The van der Waals surface area contributed by atoms with E-state index in [4.69, 9.17) is 21.1 Å². The van der Waals surface area contributed by atoms with E-state index in [1.54, 1.807) is 18.3 Å². The first-order chi connectivity index (χ1) is 19.0. The fraction of sp³-hybridized carbons (Fsp3) is 0.207. The summed E-state index contributed by atoms with van der Waals surface area (Å²) >= 11 is 7.60. The number of aromatic nitrogens is 1. The Kier molecular flexibility index (Phi) is 7.08. The third-order valence-electron chi connectivity index (χ3n) is 6.71. The zero-order valence-electron chi connectivity index (χ0n) is 20.9. The molecule has 2 aromatic carbocycles. The average Bonchev–Trinajstić information content (AvgIpc) is 3.66. The average molecular weight is 561 g/mol. The van der Waals surface area contributed by atoms with Crippen LogP contribution < -0.4 is 19.7 Å². The van der Waals surface area contributed by atoms with Crippen molar-refractivity contribution in [2.45, 2.75) is 6.54 Å². The number of hydrogen-bond acceptors (Lipinski definition) is 7. The first-order valence-corrected chi connectivity index (χ1v) is 13.8. The predicted octanol–water partition coefficient (Wildman–Crippen LogP) is 5.08. The first kappa shape index (κ1) is 25.2. The topological polar surface area (TPSA) is 84.0 Å². The number of carbonyl (C=O) groups is 2. The molecule has 2 aliphatic heterocycles. The van der Waals surface area contributed by atoms with Crippen molar-refractivity contribution in [3.63, 3.8) is 0 Å². The highest BCUT2D eigenvalue weighted by Gasteiger charge is 2.26. The van der Waals surface area contributed by atoms with Gasteiger partial charge in [0.25, 0.3) is 11.8 Å². The molecule has 0 bridgehead atoms. The minimum atomic E-state index is -0.207. The van der Waals surface area contributed by atoms with E-state index in [2.05, 4.69) is 15.2 Å². The number of nitrogens with zero attached hydrogens (tertiary/aromatic N) is 3. The van der Waals surface area contributed by atoms with Gasteiger partial charge in [0.15, 0.2) is 11.5 Å². The Morgan fingerprint density at radius 2 is 1.79 bits per heavy atom. The summed E-state index contributed by atoms with van der Waals surface area (Å²) in [4.78, 5) is 36.5. The van der Waals surface area contributed by atoms with Crippen LogP contribution in [0.2, 0.25) is 5.02 Å². The lowest BCUT2D eigenvalue weighted by Gasteiger charge is -2.35. The Bertz CT molecular complexity index is 1530. The van der Waals surface area contributed by atoms with Gasteiger partial charge in [-0.25, -0.2) is 4.98 Å². The largest absolute Gasteiger partial charge is 0.454 e. The molecule has 2 amide bonds. The first-order valence-electron chi connectivity index (χ1n) is 12.6. The minimum Gasteiger partial charge on any atom is -0.454 e. The quantitative estimate of drug-likeness (QED) is 0.354. The lowest BCUT2D eigenvalue weighted by molar-refractivity contribution is 0.0750. The van der Waals surface area contributed by atoms with E-state index in [-0.39, 0.29) is 18.6 Å². The molecule has 39 heavy (non-hydrogen) atoms. The van der Waals surface area contributed by atoms with Gasteiger partial charge in [0.05, 0.1) is 10.4 Å². The maximum atomic E-state index is 13.2. The molecule has 1 saturated heterocycles. The number of carbonyl (C=O) groups excluding carboxylic acids is 2. The maximum absolute atomic E-state index is 13.2. The van der Waals surface area contributed by atoms with E-state index in [0.29, 0.717) is 65.5 Å². The van der Waals surface area contributed by atoms with Crippen molar-refractivity contribution in [3.8, 4) is 21.9 Å². The number of halogens is 1. The molecule has 0 unspecified atom stereocenters.